The third-order valence-electron chi connectivity index (χ3n) is 4.60. The molecule has 0 aliphatic carbocycles. The highest BCUT2D eigenvalue weighted by molar-refractivity contribution is 7.80. The molecule has 1 atom stereocenters. The van der Waals surface area contributed by atoms with Crippen LogP contribution in [0.2, 0.25) is 0 Å². The van der Waals surface area contributed by atoms with E-state index in [9.17, 15) is 9.90 Å². The van der Waals surface area contributed by atoms with Crippen LogP contribution in [0.5, 0.6) is 23.0 Å². The second kappa shape index (κ2) is 9.97. The Morgan fingerprint density at radius 3 is 2.24 bits per heavy atom. The van der Waals surface area contributed by atoms with Crippen LogP contribution in [-0.2, 0) is 0 Å². The lowest BCUT2D eigenvalue weighted by Gasteiger charge is -2.16. The van der Waals surface area contributed by atoms with Crippen molar-refractivity contribution in [1.29, 1.82) is 0 Å². The summed E-state index contributed by atoms with van der Waals surface area (Å²) in [5, 5.41) is 15.6. The molecule has 0 heterocycles. The zero-order chi connectivity index (χ0) is 21.6. The summed E-state index contributed by atoms with van der Waals surface area (Å²) in [4.78, 5) is 12.6. The molecule has 7 nitrogen and oxygen atoms in total. The van der Waals surface area contributed by atoms with E-state index in [1.165, 1.54) is 33.5 Å². The van der Waals surface area contributed by atoms with E-state index in [4.69, 9.17) is 26.4 Å². The van der Waals surface area contributed by atoms with Crippen LogP contribution >= 0.6 is 12.2 Å². The Bertz CT molecular complexity index is 876. The SMILES string of the molecule is CC[C@H](C)c1ccc(O)c(NC(=S)NC(=O)c2cc(OC)c(OC)c(OC)c2)c1. The molecule has 8 heteroatoms. The molecule has 0 unspecified atom stereocenters. The van der Waals surface area contributed by atoms with Crippen LogP contribution in [0.25, 0.3) is 0 Å². The highest BCUT2D eigenvalue weighted by Gasteiger charge is 2.18. The van der Waals surface area contributed by atoms with Gasteiger partial charge in [0.05, 0.1) is 27.0 Å². The van der Waals surface area contributed by atoms with E-state index >= 15 is 0 Å². The number of ether oxygens (including phenoxy) is 3. The zero-order valence-corrected chi connectivity index (χ0v) is 18.0. The van der Waals surface area contributed by atoms with Crippen molar-refractivity contribution >= 4 is 28.9 Å². The number of phenolic OH excluding ortho intramolecular Hbond substituents is 1. The monoisotopic (exact) mass is 418 g/mol. The van der Waals surface area contributed by atoms with E-state index in [0.29, 0.717) is 28.9 Å². The maximum absolute atomic E-state index is 12.6. The average Bonchev–Trinajstić information content (AvgIpc) is 2.73. The number of phenols is 1. The molecule has 0 radical (unpaired) electrons. The van der Waals surface area contributed by atoms with E-state index in [1.54, 1.807) is 6.07 Å². The van der Waals surface area contributed by atoms with Crippen molar-refractivity contribution in [1.82, 2.24) is 5.32 Å². The zero-order valence-electron chi connectivity index (χ0n) is 17.2. The maximum atomic E-state index is 12.6. The first-order valence-corrected chi connectivity index (χ1v) is 9.50. The van der Waals surface area contributed by atoms with Gasteiger partial charge in [0.2, 0.25) is 5.75 Å². The van der Waals surface area contributed by atoms with Gasteiger partial charge in [-0.15, -0.1) is 0 Å². The van der Waals surface area contributed by atoms with E-state index in [-0.39, 0.29) is 16.4 Å². The maximum Gasteiger partial charge on any atom is 0.257 e. The van der Waals surface area contributed by atoms with Crippen LogP contribution in [0.1, 0.15) is 42.1 Å². The fraction of sp³-hybridized carbons (Fsp3) is 0.333. The minimum atomic E-state index is -0.459. The van der Waals surface area contributed by atoms with Gasteiger partial charge in [-0.3, -0.25) is 10.1 Å². The number of anilines is 1. The number of carbonyl (C=O) groups excluding carboxylic acids is 1. The number of aromatic hydroxyl groups is 1. The number of hydrogen-bond donors (Lipinski definition) is 3. The molecule has 0 fully saturated rings. The second-order valence-corrected chi connectivity index (χ2v) is 6.82. The number of amides is 1. The molecule has 0 saturated heterocycles. The molecule has 2 aromatic rings. The highest BCUT2D eigenvalue weighted by Crippen LogP contribution is 2.38. The third kappa shape index (κ3) is 5.29. The molecule has 0 saturated carbocycles. The van der Waals surface area contributed by atoms with Crippen LogP contribution in [0.15, 0.2) is 30.3 Å². The summed E-state index contributed by atoms with van der Waals surface area (Å²) < 4.78 is 15.8. The quantitative estimate of drug-likeness (QED) is 0.462. The molecule has 2 aromatic carbocycles. The molecule has 29 heavy (non-hydrogen) atoms. The predicted molar refractivity (Wildman–Crippen MR) is 117 cm³/mol. The summed E-state index contributed by atoms with van der Waals surface area (Å²) >= 11 is 5.24. The number of nitrogens with one attached hydrogen (secondary N) is 2. The summed E-state index contributed by atoms with van der Waals surface area (Å²) in [6.45, 7) is 4.19. The first-order chi connectivity index (χ1) is 13.8. The van der Waals surface area contributed by atoms with Crippen molar-refractivity contribution in [3.8, 4) is 23.0 Å². The lowest BCUT2D eigenvalue weighted by Crippen LogP contribution is -2.34. The summed E-state index contributed by atoms with van der Waals surface area (Å²) in [5.41, 5.74) is 1.77. The molecular weight excluding hydrogens is 392 g/mol. The van der Waals surface area contributed by atoms with Gasteiger partial charge in [0.1, 0.15) is 5.75 Å². The average molecular weight is 419 g/mol. The molecule has 2 rings (SSSR count). The van der Waals surface area contributed by atoms with Gasteiger partial charge in [0, 0.05) is 5.56 Å². The van der Waals surface area contributed by atoms with Gasteiger partial charge < -0.3 is 24.6 Å². The van der Waals surface area contributed by atoms with Crippen LogP contribution in [0, 0.1) is 0 Å². The van der Waals surface area contributed by atoms with Gasteiger partial charge in [-0.1, -0.05) is 19.9 Å². The van der Waals surface area contributed by atoms with Crippen molar-refractivity contribution in [2.45, 2.75) is 26.2 Å². The molecular formula is C21H26N2O5S. The van der Waals surface area contributed by atoms with Crippen LogP contribution < -0.4 is 24.8 Å². The number of hydrogen-bond acceptors (Lipinski definition) is 6. The molecule has 0 aromatic heterocycles. The van der Waals surface area contributed by atoms with Crippen molar-refractivity contribution in [3.63, 3.8) is 0 Å². The van der Waals surface area contributed by atoms with Gasteiger partial charge in [0.15, 0.2) is 16.6 Å². The van der Waals surface area contributed by atoms with Gasteiger partial charge in [-0.05, 0) is 54.4 Å². The largest absolute Gasteiger partial charge is 0.506 e. The summed E-state index contributed by atoms with van der Waals surface area (Å²) in [6.07, 6.45) is 0.965. The third-order valence-corrected chi connectivity index (χ3v) is 4.81. The Hall–Kier alpha value is -3.00. The summed E-state index contributed by atoms with van der Waals surface area (Å²) in [7, 11) is 4.43. The van der Waals surface area contributed by atoms with E-state index in [2.05, 4.69) is 24.5 Å². The van der Waals surface area contributed by atoms with E-state index in [1.807, 2.05) is 12.1 Å². The first kappa shape index (κ1) is 22.3. The first-order valence-electron chi connectivity index (χ1n) is 9.09. The van der Waals surface area contributed by atoms with Crippen LogP contribution in [0.3, 0.4) is 0 Å². The second-order valence-electron chi connectivity index (χ2n) is 6.41. The molecule has 1 amide bonds. The molecule has 0 aliphatic rings. The Kier molecular flexibility index (Phi) is 7.67. The lowest BCUT2D eigenvalue weighted by atomic mass is 9.98. The number of carbonyl (C=O) groups is 1. The fourth-order valence-corrected chi connectivity index (χ4v) is 2.94. The smallest absolute Gasteiger partial charge is 0.257 e. The van der Waals surface area contributed by atoms with E-state index in [0.717, 1.165) is 12.0 Å². The normalized spacial score (nSPS) is 11.3. The number of benzene rings is 2. The van der Waals surface area contributed by atoms with Crippen LogP contribution in [0.4, 0.5) is 5.69 Å². The van der Waals surface area contributed by atoms with Crippen molar-refractivity contribution in [2.75, 3.05) is 26.6 Å². The highest BCUT2D eigenvalue weighted by atomic mass is 32.1. The number of rotatable bonds is 7. The molecule has 0 aliphatic heterocycles. The summed E-state index contributed by atoms with van der Waals surface area (Å²) in [6, 6.07) is 8.35. The van der Waals surface area contributed by atoms with Gasteiger partial charge in [0.25, 0.3) is 5.91 Å². The standard InChI is InChI=1S/C21H26N2O5S/c1-6-12(2)13-7-8-16(24)15(9-13)22-21(29)23-20(25)14-10-17(26-3)19(28-5)18(11-14)27-4/h7-12,24H,6H2,1-5H3,(H2,22,23,25,29)/t12-/m0/s1. The van der Waals surface area contributed by atoms with Gasteiger partial charge in [-0.2, -0.15) is 0 Å². The Balaban J connectivity index is 2.19. The topological polar surface area (TPSA) is 89.1 Å². The summed E-state index contributed by atoms with van der Waals surface area (Å²) in [5.74, 6) is 1.02. The number of thiocarbonyl (C=S) groups is 1. The minimum absolute atomic E-state index is 0.0430. The van der Waals surface area contributed by atoms with Crippen molar-refractivity contribution < 1.29 is 24.1 Å². The predicted octanol–water partition coefficient (Wildman–Crippen LogP) is 4.06. The van der Waals surface area contributed by atoms with E-state index < -0.39 is 5.91 Å². The molecule has 0 bridgehead atoms. The molecule has 0 spiro atoms. The van der Waals surface area contributed by atoms with Gasteiger partial charge >= 0.3 is 0 Å². The number of methoxy groups -OCH3 is 3. The van der Waals surface area contributed by atoms with Gasteiger partial charge in [-0.25, -0.2) is 0 Å². The van der Waals surface area contributed by atoms with Crippen molar-refractivity contribution in [3.05, 3.63) is 41.5 Å². The fourth-order valence-electron chi connectivity index (χ4n) is 2.74. The Morgan fingerprint density at radius 2 is 1.72 bits per heavy atom. The van der Waals surface area contributed by atoms with Crippen molar-refractivity contribution in [2.24, 2.45) is 0 Å². The van der Waals surface area contributed by atoms with Crippen LogP contribution in [-0.4, -0.2) is 37.5 Å². The lowest BCUT2D eigenvalue weighted by molar-refractivity contribution is 0.0977. The minimum Gasteiger partial charge on any atom is -0.506 e. The molecule has 156 valence electrons. The Morgan fingerprint density at radius 1 is 1.10 bits per heavy atom. The Labute approximate surface area is 176 Å². The molecule has 3 N–H and O–H groups in total.